The maximum absolute atomic E-state index is 5.59. The second-order valence-electron chi connectivity index (χ2n) is 4.13. The quantitative estimate of drug-likeness (QED) is 0.777. The molecule has 1 N–H and O–H groups in total. The van der Waals surface area contributed by atoms with Gasteiger partial charge >= 0.3 is 0 Å². The summed E-state index contributed by atoms with van der Waals surface area (Å²) in [5.74, 6) is 1.35. The molecular weight excluding hydrogens is 218 g/mol. The minimum atomic E-state index is 0.456. The van der Waals surface area contributed by atoms with Crippen LogP contribution in [0.5, 0.6) is 5.88 Å². The van der Waals surface area contributed by atoms with Crippen molar-refractivity contribution in [1.82, 2.24) is 24.9 Å². The van der Waals surface area contributed by atoms with Crippen molar-refractivity contribution < 1.29 is 4.74 Å². The van der Waals surface area contributed by atoms with Crippen LogP contribution in [-0.2, 0) is 0 Å². The fourth-order valence-electron chi connectivity index (χ4n) is 1.52. The van der Waals surface area contributed by atoms with Crippen molar-refractivity contribution in [3.63, 3.8) is 0 Å². The summed E-state index contributed by atoms with van der Waals surface area (Å²) in [7, 11) is 0. The molecule has 0 saturated carbocycles. The Labute approximate surface area is 100 Å². The summed E-state index contributed by atoms with van der Waals surface area (Å²) in [6.45, 7) is 7.44. The number of nitrogens with zero attached hydrogens (tertiary/aromatic N) is 4. The van der Waals surface area contributed by atoms with Gasteiger partial charge in [-0.2, -0.15) is 0 Å². The lowest BCUT2D eigenvalue weighted by molar-refractivity contribution is 0.299. The van der Waals surface area contributed by atoms with E-state index in [0.29, 0.717) is 24.2 Å². The highest BCUT2D eigenvalue weighted by atomic mass is 16.5. The van der Waals surface area contributed by atoms with E-state index in [-0.39, 0.29) is 0 Å². The second-order valence-corrected chi connectivity index (χ2v) is 4.13. The van der Waals surface area contributed by atoms with Gasteiger partial charge in [-0.05, 0) is 6.92 Å². The van der Waals surface area contributed by atoms with Crippen LogP contribution >= 0.6 is 0 Å². The zero-order chi connectivity index (χ0) is 12.3. The molecular formula is C11H17N5O. The van der Waals surface area contributed by atoms with E-state index in [1.54, 1.807) is 6.20 Å². The molecule has 92 valence electrons. The van der Waals surface area contributed by atoms with Gasteiger partial charge < -0.3 is 10.1 Å². The molecule has 0 fully saturated rings. The van der Waals surface area contributed by atoms with E-state index in [4.69, 9.17) is 4.74 Å². The summed E-state index contributed by atoms with van der Waals surface area (Å²) in [6.07, 6.45) is 3.51. The lowest BCUT2D eigenvalue weighted by Crippen LogP contribution is -2.27. The normalized spacial score (nSPS) is 11.3. The Morgan fingerprint density at radius 1 is 1.41 bits per heavy atom. The average Bonchev–Trinajstić information content (AvgIpc) is 2.67. The molecule has 6 nitrogen and oxygen atoms in total. The standard InChI is InChI=1S/C11H17N5O/c1-8(2)12-5-7-17-11-10-15-14-9(3)16(10)6-4-13-11/h4,6,8,12H,5,7H2,1-3H3. The number of aromatic nitrogens is 4. The van der Waals surface area contributed by atoms with Gasteiger partial charge in [-0.1, -0.05) is 13.8 Å². The van der Waals surface area contributed by atoms with Gasteiger partial charge in [0, 0.05) is 25.0 Å². The molecule has 2 aromatic rings. The third kappa shape index (κ3) is 2.71. The first-order valence-electron chi connectivity index (χ1n) is 5.71. The summed E-state index contributed by atoms with van der Waals surface area (Å²) >= 11 is 0. The van der Waals surface area contributed by atoms with E-state index >= 15 is 0 Å². The SMILES string of the molecule is Cc1nnc2c(OCCNC(C)C)nccn12. The molecule has 0 unspecified atom stereocenters. The predicted molar refractivity (Wildman–Crippen MR) is 64.2 cm³/mol. The zero-order valence-corrected chi connectivity index (χ0v) is 10.3. The van der Waals surface area contributed by atoms with Crippen LogP contribution in [0, 0.1) is 6.92 Å². The van der Waals surface area contributed by atoms with Crippen molar-refractivity contribution in [1.29, 1.82) is 0 Å². The van der Waals surface area contributed by atoms with Crippen molar-refractivity contribution in [3.05, 3.63) is 18.2 Å². The first kappa shape index (κ1) is 11.8. The van der Waals surface area contributed by atoms with Gasteiger partial charge in [0.15, 0.2) is 0 Å². The number of aryl methyl sites for hydroxylation is 1. The van der Waals surface area contributed by atoms with Gasteiger partial charge in [0.2, 0.25) is 5.65 Å². The van der Waals surface area contributed by atoms with Crippen LogP contribution in [0.1, 0.15) is 19.7 Å². The molecule has 0 spiro atoms. The fraction of sp³-hybridized carbons (Fsp3) is 0.545. The maximum atomic E-state index is 5.59. The van der Waals surface area contributed by atoms with Gasteiger partial charge in [-0.3, -0.25) is 4.40 Å². The van der Waals surface area contributed by atoms with Gasteiger partial charge in [0.1, 0.15) is 12.4 Å². The third-order valence-corrected chi connectivity index (χ3v) is 2.36. The topological polar surface area (TPSA) is 64.3 Å². The maximum Gasteiger partial charge on any atom is 0.260 e. The first-order valence-corrected chi connectivity index (χ1v) is 5.71. The number of ether oxygens (including phenoxy) is 1. The third-order valence-electron chi connectivity index (χ3n) is 2.36. The highest BCUT2D eigenvalue weighted by molar-refractivity contribution is 5.48. The Morgan fingerprint density at radius 3 is 3.00 bits per heavy atom. The molecule has 2 heterocycles. The van der Waals surface area contributed by atoms with Gasteiger partial charge in [0.05, 0.1) is 0 Å². The molecule has 17 heavy (non-hydrogen) atoms. The second kappa shape index (κ2) is 5.09. The van der Waals surface area contributed by atoms with Crippen molar-refractivity contribution >= 4 is 5.65 Å². The monoisotopic (exact) mass is 235 g/mol. The minimum Gasteiger partial charge on any atom is -0.474 e. The van der Waals surface area contributed by atoms with Crippen LogP contribution in [0.3, 0.4) is 0 Å². The highest BCUT2D eigenvalue weighted by Gasteiger charge is 2.08. The molecule has 0 saturated heterocycles. The van der Waals surface area contributed by atoms with Crippen LogP contribution in [0.2, 0.25) is 0 Å². The van der Waals surface area contributed by atoms with Crippen molar-refractivity contribution in [3.8, 4) is 5.88 Å². The molecule has 0 radical (unpaired) electrons. The fourth-order valence-corrected chi connectivity index (χ4v) is 1.52. The number of hydrogen-bond acceptors (Lipinski definition) is 5. The smallest absolute Gasteiger partial charge is 0.260 e. The molecule has 0 bridgehead atoms. The molecule has 0 atom stereocenters. The molecule has 6 heteroatoms. The van der Waals surface area contributed by atoms with Gasteiger partial charge in [0.25, 0.3) is 5.88 Å². The van der Waals surface area contributed by atoms with Crippen molar-refractivity contribution in [2.45, 2.75) is 26.8 Å². The summed E-state index contributed by atoms with van der Waals surface area (Å²) in [5, 5.41) is 11.3. The van der Waals surface area contributed by atoms with E-state index in [2.05, 4.69) is 34.3 Å². The molecule has 0 amide bonds. The van der Waals surface area contributed by atoms with Crippen LogP contribution in [0.25, 0.3) is 5.65 Å². The van der Waals surface area contributed by atoms with E-state index < -0.39 is 0 Å². The summed E-state index contributed by atoms with van der Waals surface area (Å²) in [5.41, 5.74) is 0.662. The van der Waals surface area contributed by atoms with Gasteiger partial charge in [-0.25, -0.2) is 4.98 Å². The van der Waals surface area contributed by atoms with Crippen LogP contribution in [0.15, 0.2) is 12.4 Å². The summed E-state index contributed by atoms with van der Waals surface area (Å²) < 4.78 is 7.45. The lowest BCUT2D eigenvalue weighted by atomic mass is 10.4. The van der Waals surface area contributed by atoms with Gasteiger partial charge in [-0.15, -0.1) is 10.2 Å². The number of hydrogen-bond donors (Lipinski definition) is 1. The molecule has 0 aromatic carbocycles. The molecule has 0 aliphatic carbocycles. The van der Waals surface area contributed by atoms with E-state index in [0.717, 1.165) is 12.4 Å². The molecule has 0 aliphatic heterocycles. The Morgan fingerprint density at radius 2 is 2.24 bits per heavy atom. The van der Waals surface area contributed by atoms with E-state index in [1.807, 2.05) is 17.5 Å². The summed E-state index contributed by atoms with van der Waals surface area (Å²) in [6, 6.07) is 0.456. The van der Waals surface area contributed by atoms with Crippen LogP contribution in [0.4, 0.5) is 0 Å². The first-order chi connectivity index (χ1) is 8.18. The lowest BCUT2D eigenvalue weighted by Gasteiger charge is -2.09. The van der Waals surface area contributed by atoms with Crippen molar-refractivity contribution in [2.75, 3.05) is 13.2 Å². The Hall–Kier alpha value is -1.69. The summed E-state index contributed by atoms with van der Waals surface area (Å²) in [4.78, 5) is 4.16. The Balaban J connectivity index is 2.03. The zero-order valence-electron chi connectivity index (χ0n) is 10.3. The minimum absolute atomic E-state index is 0.456. The molecule has 2 aromatic heterocycles. The number of nitrogens with one attached hydrogen (secondary N) is 1. The molecule has 0 aliphatic rings. The van der Waals surface area contributed by atoms with E-state index in [9.17, 15) is 0 Å². The van der Waals surface area contributed by atoms with Crippen molar-refractivity contribution in [2.24, 2.45) is 0 Å². The number of rotatable bonds is 5. The predicted octanol–water partition coefficient (Wildman–Crippen LogP) is 0.810. The number of fused-ring (bicyclic) bond motifs is 1. The van der Waals surface area contributed by atoms with E-state index in [1.165, 1.54) is 0 Å². The van der Waals surface area contributed by atoms with Crippen LogP contribution < -0.4 is 10.1 Å². The van der Waals surface area contributed by atoms with Crippen LogP contribution in [-0.4, -0.2) is 38.8 Å². The Kier molecular flexibility index (Phi) is 3.53. The average molecular weight is 235 g/mol. The largest absolute Gasteiger partial charge is 0.474 e. The Bertz CT molecular complexity index is 494. The molecule has 2 rings (SSSR count). The highest BCUT2D eigenvalue weighted by Crippen LogP contribution is 2.13.